The van der Waals surface area contributed by atoms with Gasteiger partial charge in [0.2, 0.25) is 0 Å². The summed E-state index contributed by atoms with van der Waals surface area (Å²) in [5, 5.41) is 5.43. The molecule has 7 nitrogen and oxygen atoms in total. The summed E-state index contributed by atoms with van der Waals surface area (Å²) in [5.41, 5.74) is 6.34. The van der Waals surface area contributed by atoms with E-state index in [1.54, 1.807) is 12.1 Å². The molecule has 4 N–H and O–H groups in total. The molecule has 0 saturated carbocycles. The van der Waals surface area contributed by atoms with Crippen LogP contribution in [0.1, 0.15) is 16.1 Å². The molecule has 0 bridgehead atoms. The Balaban J connectivity index is 0.00000364. The van der Waals surface area contributed by atoms with Crippen molar-refractivity contribution in [3.63, 3.8) is 0 Å². The largest absolute Gasteiger partial charge is 0.573 e. The van der Waals surface area contributed by atoms with Gasteiger partial charge in [-0.1, -0.05) is 12.1 Å². The summed E-state index contributed by atoms with van der Waals surface area (Å²) in [4.78, 5) is 15.7. The summed E-state index contributed by atoms with van der Waals surface area (Å²) < 4.78 is 44.9. The number of hydrogen-bond acceptors (Lipinski definition) is 4. The molecule has 2 aromatic rings. The fourth-order valence-electron chi connectivity index (χ4n) is 1.89. The summed E-state index contributed by atoms with van der Waals surface area (Å²) >= 11 is 0. The van der Waals surface area contributed by atoms with E-state index in [4.69, 9.17) is 10.2 Å². The van der Waals surface area contributed by atoms with Gasteiger partial charge in [-0.2, -0.15) is 0 Å². The molecule has 1 amide bonds. The number of carbonyl (C=O) groups excluding carboxylic acids is 1. The first-order valence-corrected chi connectivity index (χ1v) is 7.54. The molecule has 0 spiro atoms. The van der Waals surface area contributed by atoms with Crippen molar-refractivity contribution in [1.82, 2.24) is 10.6 Å². The fraction of sp³-hybridized carbons (Fsp3) is 0.250. The first-order valence-electron chi connectivity index (χ1n) is 7.54. The maximum absolute atomic E-state index is 12.1. The highest BCUT2D eigenvalue weighted by molar-refractivity contribution is 14.0. The fourth-order valence-corrected chi connectivity index (χ4v) is 1.89. The maximum Gasteiger partial charge on any atom is 0.573 e. The van der Waals surface area contributed by atoms with Crippen LogP contribution in [-0.4, -0.2) is 31.3 Å². The van der Waals surface area contributed by atoms with Gasteiger partial charge in [-0.05, 0) is 29.8 Å². The van der Waals surface area contributed by atoms with Gasteiger partial charge in [0.15, 0.2) is 11.7 Å². The number of carbonyl (C=O) groups is 1. The molecule has 0 atom stereocenters. The van der Waals surface area contributed by atoms with Crippen molar-refractivity contribution in [2.24, 2.45) is 10.7 Å². The zero-order valence-electron chi connectivity index (χ0n) is 14.0. The van der Waals surface area contributed by atoms with E-state index in [2.05, 4.69) is 20.4 Å². The quantitative estimate of drug-likeness (QED) is 0.236. The third-order valence-electron chi connectivity index (χ3n) is 3.05. The molecule has 2 rings (SSSR count). The summed E-state index contributed by atoms with van der Waals surface area (Å²) in [5.74, 6) is -0.283. The van der Waals surface area contributed by atoms with Crippen LogP contribution in [0.4, 0.5) is 13.2 Å². The predicted molar refractivity (Wildman–Crippen MR) is 103 cm³/mol. The monoisotopic (exact) mass is 498 g/mol. The molecule has 148 valence electrons. The van der Waals surface area contributed by atoms with Crippen molar-refractivity contribution < 1.29 is 27.1 Å². The first kappa shape index (κ1) is 22.6. The van der Waals surface area contributed by atoms with Crippen LogP contribution in [-0.2, 0) is 6.54 Å². The van der Waals surface area contributed by atoms with Gasteiger partial charge in [0, 0.05) is 13.1 Å². The zero-order valence-corrected chi connectivity index (χ0v) is 16.3. The number of rotatable bonds is 7. The number of amides is 1. The van der Waals surface area contributed by atoms with Gasteiger partial charge >= 0.3 is 6.36 Å². The number of guanidine groups is 1. The highest BCUT2D eigenvalue weighted by Gasteiger charge is 2.30. The smallest absolute Gasteiger partial charge is 0.459 e. The number of benzene rings is 1. The lowest BCUT2D eigenvalue weighted by atomic mass is 10.2. The van der Waals surface area contributed by atoms with Crippen LogP contribution >= 0.6 is 24.0 Å². The van der Waals surface area contributed by atoms with Crippen LogP contribution in [0.3, 0.4) is 0 Å². The van der Waals surface area contributed by atoms with Crippen molar-refractivity contribution in [2.45, 2.75) is 12.9 Å². The van der Waals surface area contributed by atoms with Crippen LogP contribution in [0.25, 0.3) is 0 Å². The SMILES string of the molecule is I.NC(=NCc1ccc(OC(F)(F)F)cc1)NCCNC(=O)c1ccco1. The Hall–Kier alpha value is -2.44. The molecule has 0 aliphatic heterocycles. The van der Waals surface area contributed by atoms with E-state index in [0.29, 0.717) is 18.7 Å². The third kappa shape index (κ3) is 8.66. The maximum atomic E-state index is 12.1. The Morgan fingerprint density at radius 2 is 1.81 bits per heavy atom. The number of nitrogens with one attached hydrogen (secondary N) is 2. The molecule has 0 saturated heterocycles. The van der Waals surface area contributed by atoms with Crippen molar-refractivity contribution in [3.05, 3.63) is 54.0 Å². The second-order valence-electron chi connectivity index (χ2n) is 5.05. The molecule has 1 heterocycles. The second kappa shape index (κ2) is 10.6. The Bertz CT molecular complexity index is 734. The van der Waals surface area contributed by atoms with Gasteiger partial charge in [0.25, 0.3) is 5.91 Å². The summed E-state index contributed by atoms with van der Waals surface area (Å²) in [7, 11) is 0. The molecule has 0 aliphatic carbocycles. The highest BCUT2D eigenvalue weighted by atomic mass is 127. The number of hydrogen-bond donors (Lipinski definition) is 3. The van der Waals surface area contributed by atoms with Crippen molar-refractivity contribution in [1.29, 1.82) is 0 Å². The summed E-state index contributed by atoms with van der Waals surface area (Å²) in [6.45, 7) is 0.837. The Labute approximate surface area is 170 Å². The van der Waals surface area contributed by atoms with E-state index in [9.17, 15) is 18.0 Å². The van der Waals surface area contributed by atoms with Gasteiger partial charge in [-0.25, -0.2) is 4.99 Å². The van der Waals surface area contributed by atoms with Crippen molar-refractivity contribution in [3.8, 4) is 5.75 Å². The van der Waals surface area contributed by atoms with E-state index < -0.39 is 6.36 Å². The molecule has 11 heteroatoms. The minimum atomic E-state index is -4.72. The van der Waals surface area contributed by atoms with Crippen LogP contribution < -0.4 is 21.1 Å². The summed E-state index contributed by atoms with van der Waals surface area (Å²) in [6, 6.07) is 8.48. The molecular weight excluding hydrogens is 480 g/mol. The zero-order chi connectivity index (χ0) is 19.0. The lowest BCUT2D eigenvalue weighted by Crippen LogP contribution is -2.38. The molecule has 0 fully saturated rings. The minimum Gasteiger partial charge on any atom is -0.459 e. The molecule has 0 aliphatic rings. The number of furan rings is 1. The average molecular weight is 498 g/mol. The number of halogens is 4. The Kier molecular flexibility index (Phi) is 8.91. The van der Waals surface area contributed by atoms with Gasteiger partial charge < -0.3 is 25.5 Å². The number of nitrogens with two attached hydrogens (primary N) is 1. The van der Waals surface area contributed by atoms with Crippen LogP contribution in [0, 0.1) is 0 Å². The molecule has 27 heavy (non-hydrogen) atoms. The Morgan fingerprint density at radius 3 is 2.41 bits per heavy atom. The first-order chi connectivity index (χ1) is 12.3. The van der Waals surface area contributed by atoms with Gasteiger partial charge in [0.05, 0.1) is 12.8 Å². The number of alkyl halides is 3. The van der Waals surface area contributed by atoms with E-state index >= 15 is 0 Å². The van der Waals surface area contributed by atoms with Gasteiger partial charge in [-0.15, -0.1) is 37.1 Å². The molecule has 1 aromatic carbocycles. The number of ether oxygens (including phenoxy) is 1. The third-order valence-corrected chi connectivity index (χ3v) is 3.05. The van der Waals surface area contributed by atoms with Gasteiger partial charge in [-0.3, -0.25) is 4.79 Å². The summed E-state index contributed by atoms with van der Waals surface area (Å²) in [6.07, 6.45) is -3.32. The standard InChI is InChI=1S/C16H17F3N4O3.HI/c17-16(18,19)26-12-5-3-11(4-6-12)10-23-15(20)22-8-7-21-14(24)13-2-1-9-25-13;/h1-6,9H,7-8,10H2,(H,21,24)(H3,20,22,23);1H. The van der Waals surface area contributed by atoms with Crippen LogP contribution in [0.2, 0.25) is 0 Å². The Morgan fingerprint density at radius 1 is 1.15 bits per heavy atom. The van der Waals surface area contributed by atoms with Crippen LogP contribution in [0.5, 0.6) is 5.75 Å². The molecular formula is C16H18F3IN4O3. The van der Waals surface area contributed by atoms with Crippen molar-refractivity contribution in [2.75, 3.05) is 13.1 Å². The topological polar surface area (TPSA) is 102 Å². The average Bonchev–Trinajstić information content (AvgIpc) is 3.11. The predicted octanol–water partition coefficient (Wildman–Crippen LogP) is 2.63. The number of aliphatic imine (C=N–C) groups is 1. The van der Waals surface area contributed by atoms with Gasteiger partial charge in [0.1, 0.15) is 5.75 Å². The van der Waals surface area contributed by atoms with E-state index in [1.807, 2.05) is 0 Å². The van der Waals surface area contributed by atoms with Crippen molar-refractivity contribution >= 4 is 35.8 Å². The second-order valence-corrected chi connectivity index (χ2v) is 5.05. The molecule has 1 aromatic heterocycles. The minimum absolute atomic E-state index is 0. The van der Waals surface area contributed by atoms with E-state index in [0.717, 1.165) is 0 Å². The molecule has 0 radical (unpaired) electrons. The highest BCUT2D eigenvalue weighted by Crippen LogP contribution is 2.22. The van der Waals surface area contributed by atoms with Crippen LogP contribution in [0.15, 0.2) is 52.1 Å². The lowest BCUT2D eigenvalue weighted by molar-refractivity contribution is -0.274. The lowest BCUT2D eigenvalue weighted by Gasteiger charge is -2.09. The number of nitrogens with zero attached hydrogens (tertiary/aromatic N) is 1. The van der Waals surface area contributed by atoms with E-state index in [-0.39, 0.29) is 53.9 Å². The normalized spacial score (nSPS) is 11.4. The van der Waals surface area contributed by atoms with E-state index in [1.165, 1.54) is 30.5 Å². The molecule has 0 unspecified atom stereocenters.